The highest BCUT2D eigenvalue weighted by Gasteiger charge is 2.10. The molecule has 0 saturated carbocycles. The number of ether oxygens (including phenoxy) is 1. The molecule has 4 nitrogen and oxygen atoms in total. The fraction of sp³-hybridized carbons (Fsp3) is 0.0400. The van der Waals surface area contributed by atoms with Gasteiger partial charge >= 0.3 is 0 Å². The summed E-state index contributed by atoms with van der Waals surface area (Å²) in [5.74, 6) is 0.103. The van der Waals surface area contributed by atoms with Crippen molar-refractivity contribution in [2.75, 3.05) is 0 Å². The predicted octanol–water partition coefficient (Wildman–Crippen LogP) is 6.49. The van der Waals surface area contributed by atoms with Gasteiger partial charge in [0.05, 0.1) is 16.3 Å². The van der Waals surface area contributed by atoms with E-state index in [1.807, 2.05) is 66.7 Å². The van der Waals surface area contributed by atoms with Crippen LogP contribution in [0.4, 0.5) is 0 Å². The lowest BCUT2D eigenvalue weighted by molar-refractivity contribution is 0.0955. The van der Waals surface area contributed by atoms with Crippen molar-refractivity contribution in [1.82, 2.24) is 5.43 Å². The number of benzene rings is 4. The van der Waals surface area contributed by atoms with Crippen molar-refractivity contribution < 1.29 is 9.53 Å². The largest absolute Gasteiger partial charge is 0.486 e. The third kappa shape index (κ3) is 5.23. The zero-order chi connectivity index (χ0) is 21.6. The summed E-state index contributed by atoms with van der Waals surface area (Å²) in [7, 11) is 0. The zero-order valence-corrected chi connectivity index (χ0v) is 17.9. The van der Waals surface area contributed by atoms with Crippen LogP contribution >= 0.6 is 23.2 Å². The summed E-state index contributed by atoms with van der Waals surface area (Å²) in [6, 6.07) is 26.4. The Morgan fingerprint density at radius 1 is 0.871 bits per heavy atom. The molecule has 6 heteroatoms. The van der Waals surface area contributed by atoms with E-state index in [0.29, 0.717) is 33.5 Å². The van der Waals surface area contributed by atoms with Gasteiger partial charge in [-0.15, -0.1) is 0 Å². The first-order valence-electron chi connectivity index (χ1n) is 9.58. The number of hydrogen-bond donors (Lipinski definition) is 1. The van der Waals surface area contributed by atoms with Crippen LogP contribution in [0, 0.1) is 0 Å². The minimum absolute atomic E-state index is 0.304. The molecule has 0 unspecified atom stereocenters. The van der Waals surface area contributed by atoms with Crippen LogP contribution in [-0.4, -0.2) is 12.1 Å². The van der Waals surface area contributed by atoms with Gasteiger partial charge in [-0.25, -0.2) is 5.43 Å². The molecule has 0 aliphatic heterocycles. The second-order valence-electron chi connectivity index (χ2n) is 6.85. The summed E-state index contributed by atoms with van der Waals surface area (Å²) < 4.78 is 5.77. The quantitative estimate of drug-likeness (QED) is 0.270. The van der Waals surface area contributed by atoms with Gasteiger partial charge in [-0.3, -0.25) is 4.79 Å². The van der Waals surface area contributed by atoms with E-state index in [9.17, 15) is 4.79 Å². The van der Waals surface area contributed by atoms with Gasteiger partial charge < -0.3 is 4.74 Å². The molecule has 0 saturated heterocycles. The molecular weight excluding hydrogens is 431 g/mol. The SMILES string of the molecule is O=C(N/N=C\c1cc(Cl)c(OCc2ccccc2)c(Cl)c1)c1ccc2ccccc2c1. The van der Waals surface area contributed by atoms with Gasteiger partial charge in [-0.2, -0.15) is 5.10 Å². The number of nitrogens with zero attached hydrogens (tertiary/aromatic N) is 1. The average molecular weight is 449 g/mol. The fourth-order valence-electron chi connectivity index (χ4n) is 3.08. The van der Waals surface area contributed by atoms with Crippen LogP contribution in [0.25, 0.3) is 10.8 Å². The summed E-state index contributed by atoms with van der Waals surface area (Å²) in [6.07, 6.45) is 1.48. The van der Waals surface area contributed by atoms with Crippen LogP contribution in [-0.2, 0) is 6.61 Å². The van der Waals surface area contributed by atoms with Crippen molar-refractivity contribution in [3.05, 3.63) is 112 Å². The van der Waals surface area contributed by atoms with E-state index >= 15 is 0 Å². The number of rotatable bonds is 6. The standard InChI is InChI=1S/C25H18Cl2N2O2/c26-22-12-18(13-23(27)24(22)31-16-17-6-2-1-3-7-17)15-28-29-25(30)21-11-10-19-8-4-5-9-20(19)14-21/h1-15H,16H2,(H,29,30)/b28-15-. The molecule has 0 aliphatic rings. The predicted molar refractivity (Wildman–Crippen MR) is 126 cm³/mol. The van der Waals surface area contributed by atoms with Gasteiger partial charge in [0.15, 0.2) is 5.75 Å². The maximum Gasteiger partial charge on any atom is 0.271 e. The molecule has 0 spiro atoms. The Morgan fingerprint density at radius 2 is 1.55 bits per heavy atom. The third-order valence-corrected chi connectivity index (χ3v) is 5.20. The highest BCUT2D eigenvalue weighted by Crippen LogP contribution is 2.34. The molecule has 4 aromatic rings. The topological polar surface area (TPSA) is 50.7 Å². The Balaban J connectivity index is 1.41. The third-order valence-electron chi connectivity index (χ3n) is 4.64. The van der Waals surface area contributed by atoms with Crippen molar-refractivity contribution in [2.24, 2.45) is 5.10 Å². The highest BCUT2D eigenvalue weighted by molar-refractivity contribution is 6.37. The Bertz CT molecular complexity index is 1230. The van der Waals surface area contributed by atoms with E-state index < -0.39 is 0 Å². The van der Waals surface area contributed by atoms with Crippen molar-refractivity contribution in [3.63, 3.8) is 0 Å². The molecule has 0 aliphatic carbocycles. The molecule has 4 aromatic carbocycles. The number of hydrogen-bond acceptors (Lipinski definition) is 3. The van der Waals surface area contributed by atoms with E-state index in [1.165, 1.54) is 6.21 Å². The maximum absolute atomic E-state index is 12.4. The van der Waals surface area contributed by atoms with Crippen LogP contribution in [0.15, 0.2) is 90.0 Å². The van der Waals surface area contributed by atoms with Crippen molar-refractivity contribution in [2.45, 2.75) is 6.61 Å². The van der Waals surface area contributed by atoms with E-state index in [0.717, 1.165) is 16.3 Å². The average Bonchev–Trinajstić information content (AvgIpc) is 2.79. The molecule has 1 amide bonds. The lowest BCUT2D eigenvalue weighted by Crippen LogP contribution is -2.17. The molecule has 0 bridgehead atoms. The first-order chi connectivity index (χ1) is 15.1. The zero-order valence-electron chi connectivity index (χ0n) is 16.4. The van der Waals surface area contributed by atoms with E-state index in [2.05, 4.69) is 10.5 Å². The molecule has 0 fully saturated rings. The van der Waals surface area contributed by atoms with Gasteiger partial charge in [0.25, 0.3) is 5.91 Å². The number of halogens is 2. The summed E-state index contributed by atoms with van der Waals surface area (Å²) in [4.78, 5) is 12.4. The maximum atomic E-state index is 12.4. The first-order valence-corrected chi connectivity index (χ1v) is 10.3. The normalized spacial score (nSPS) is 11.0. The molecular formula is C25H18Cl2N2O2. The van der Waals surface area contributed by atoms with Crippen molar-refractivity contribution in [1.29, 1.82) is 0 Å². The minimum Gasteiger partial charge on any atom is -0.486 e. The Labute approximate surface area is 190 Å². The summed E-state index contributed by atoms with van der Waals surface area (Å²) >= 11 is 12.7. The van der Waals surface area contributed by atoms with Crippen LogP contribution in [0.1, 0.15) is 21.5 Å². The second kappa shape index (κ2) is 9.65. The van der Waals surface area contributed by atoms with Crippen molar-refractivity contribution >= 4 is 46.1 Å². The number of fused-ring (bicyclic) bond motifs is 1. The van der Waals surface area contributed by atoms with Gasteiger partial charge in [-0.05, 0) is 46.2 Å². The van der Waals surface area contributed by atoms with Crippen LogP contribution in [0.5, 0.6) is 5.75 Å². The Morgan fingerprint density at radius 3 is 2.29 bits per heavy atom. The lowest BCUT2D eigenvalue weighted by atomic mass is 10.1. The van der Waals surface area contributed by atoms with Gasteiger partial charge in [0, 0.05) is 5.56 Å². The molecule has 0 atom stereocenters. The van der Waals surface area contributed by atoms with Gasteiger partial charge in [0.2, 0.25) is 0 Å². The van der Waals surface area contributed by atoms with Crippen molar-refractivity contribution in [3.8, 4) is 5.75 Å². The molecule has 0 aromatic heterocycles. The van der Waals surface area contributed by atoms with Crippen LogP contribution in [0.3, 0.4) is 0 Å². The number of hydrazone groups is 1. The number of amides is 1. The van der Waals surface area contributed by atoms with Crippen LogP contribution < -0.4 is 10.2 Å². The molecule has 31 heavy (non-hydrogen) atoms. The Kier molecular flexibility index (Phi) is 6.51. The molecule has 154 valence electrons. The second-order valence-corrected chi connectivity index (χ2v) is 7.66. The van der Waals surface area contributed by atoms with Crippen LogP contribution in [0.2, 0.25) is 10.0 Å². The van der Waals surface area contributed by atoms with E-state index in [-0.39, 0.29) is 5.91 Å². The number of carbonyl (C=O) groups excluding carboxylic acids is 1. The van der Waals surface area contributed by atoms with E-state index in [1.54, 1.807) is 18.2 Å². The summed E-state index contributed by atoms with van der Waals surface area (Å²) in [5, 5.41) is 6.81. The first kappa shape index (κ1) is 20.9. The highest BCUT2D eigenvalue weighted by atomic mass is 35.5. The minimum atomic E-state index is -0.304. The molecule has 4 rings (SSSR count). The monoisotopic (exact) mass is 448 g/mol. The summed E-state index contributed by atoms with van der Waals surface area (Å²) in [5.41, 5.74) is 4.70. The lowest BCUT2D eigenvalue weighted by Gasteiger charge is -2.11. The van der Waals surface area contributed by atoms with Gasteiger partial charge in [-0.1, -0.05) is 83.9 Å². The Hall–Kier alpha value is -3.34. The molecule has 1 N–H and O–H groups in total. The number of nitrogens with one attached hydrogen (secondary N) is 1. The smallest absolute Gasteiger partial charge is 0.271 e. The van der Waals surface area contributed by atoms with Gasteiger partial charge in [0.1, 0.15) is 6.61 Å². The fourth-order valence-corrected chi connectivity index (χ4v) is 3.70. The summed E-state index contributed by atoms with van der Waals surface area (Å²) in [6.45, 7) is 0.357. The molecule has 0 heterocycles. The molecule has 0 radical (unpaired) electrons. The van der Waals surface area contributed by atoms with E-state index in [4.69, 9.17) is 27.9 Å². The number of carbonyl (C=O) groups is 1.